The molecule has 2 atom stereocenters. The van der Waals surface area contributed by atoms with Crippen LogP contribution in [0.1, 0.15) is 39.2 Å². The zero-order chi connectivity index (χ0) is 25.0. The first kappa shape index (κ1) is 27.6. The van der Waals surface area contributed by atoms with Gasteiger partial charge >= 0.3 is 12.2 Å². The maximum Gasteiger partial charge on any atom is 0.329 e. The number of esters is 1. The van der Waals surface area contributed by atoms with Crippen molar-refractivity contribution in [2.75, 3.05) is 20.6 Å². The highest BCUT2D eigenvalue weighted by Crippen LogP contribution is 2.12. The molecular weight excluding hydrogens is 428 g/mol. The molecule has 0 saturated heterocycles. The lowest BCUT2D eigenvalue weighted by molar-refractivity contribution is -0.159. The molecule has 2 amide bonds. The van der Waals surface area contributed by atoms with E-state index in [1.54, 1.807) is 64.3 Å². The summed E-state index contributed by atoms with van der Waals surface area (Å²) in [5, 5.41) is 5.28. The van der Waals surface area contributed by atoms with Crippen LogP contribution in [0.3, 0.4) is 0 Å². The summed E-state index contributed by atoms with van der Waals surface area (Å²) < 4.78 is 5.37. The molecule has 2 N–H and O–H groups in total. The molecule has 180 valence electrons. The van der Waals surface area contributed by atoms with Gasteiger partial charge in [0.1, 0.15) is 17.7 Å². The third kappa shape index (κ3) is 11.7. The normalized spacial score (nSPS) is 12.8. The lowest BCUT2D eigenvalue weighted by Crippen LogP contribution is -2.54. The Morgan fingerprint density at radius 1 is 1.21 bits per heavy atom. The van der Waals surface area contributed by atoms with Gasteiger partial charge in [-0.15, -0.1) is 0 Å². The first-order valence-electron chi connectivity index (χ1n) is 10.5. The van der Waals surface area contributed by atoms with E-state index in [2.05, 4.69) is 20.4 Å². The Hall–Kier alpha value is -3.43. The second-order valence-electron chi connectivity index (χ2n) is 8.77. The third-order valence-corrected chi connectivity index (χ3v) is 4.16. The standard InChI is InChI=1S/C22H32N6O5/c1-22(2,3)33-21(32)17(9-8-16(29)13-25-23)27-20(31)18(26-19(30)14-28(4)5)11-15-7-6-10-24-12-15/h6-7,10,12-13,17-18H,8-9,11,14H2,1-5H3,(H,26,30)(H,27,31)/t17-,18-/m0/s1. The highest BCUT2D eigenvalue weighted by Gasteiger charge is 2.30. The second kappa shape index (κ2) is 13.2. The Bertz CT molecular complexity index is 875. The van der Waals surface area contributed by atoms with Crippen LogP contribution in [0.2, 0.25) is 0 Å². The summed E-state index contributed by atoms with van der Waals surface area (Å²) in [5.41, 5.74) is 8.41. The number of amides is 2. The molecule has 0 unspecified atom stereocenters. The van der Waals surface area contributed by atoms with E-state index in [0.29, 0.717) is 5.56 Å². The Kier molecular flexibility index (Phi) is 11.0. The van der Waals surface area contributed by atoms with Crippen molar-refractivity contribution in [2.24, 2.45) is 0 Å². The third-order valence-electron chi connectivity index (χ3n) is 4.16. The summed E-state index contributed by atoms with van der Waals surface area (Å²) in [6, 6.07) is 1.35. The summed E-state index contributed by atoms with van der Waals surface area (Å²) in [6.07, 6.45) is 3.81. The number of hydrogen-bond donors (Lipinski definition) is 2. The number of Topliss-reactive ketones (excluding diaryl/α,β-unsaturated/α-hetero) is 1. The molecule has 0 bridgehead atoms. The molecule has 1 rings (SSSR count). The van der Waals surface area contributed by atoms with Crippen LogP contribution in [0, 0.1) is 0 Å². The first-order valence-corrected chi connectivity index (χ1v) is 10.5. The van der Waals surface area contributed by atoms with Crippen molar-refractivity contribution in [3.8, 4) is 0 Å². The van der Waals surface area contributed by atoms with Gasteiger partial charge in [-0.05, 0) is 52.9 Å². The largest absolute Gasteiger partial charge is 0.458 e. The molecular formula is C22H32N6O5. The first-order chi connectivity index (χ1) is 15.4. The number of hydrogen-bond acceptors (Lipinski definition) is 7. The van der Waals surface area contributed by atoms with Gasteiger partial charge in [-0.25, -0.2) is 4.79 Å². The van der Waals surface area contributed by atoms with Gasteiger partial charge in [-0.3, -0.25) is 19.4 Å². The number of nitrogens with zero attached hydrogens (tertiary/aromatic N) is 4. The van der Waals surface area contributed by atoms with Gasteiger partial charge in [-0.1, -0.05) is 6.07 Å². The fourth-order valence-electron chi connectivity index (χ4n) is 2.80. The number of carbonyl (C=O) groups excluding carboxylic acids is 4. The van der Waals surface area contributed by atoms with Gasteiger partial charge in [0.25, 0.3) is 0 Å². The predicted octanol–water partition coefficient (Wildman–Crippen LogP) is 0.147. The smallest absolute Gasteiger partial charge is 0.329 e. The summed E-state index contributed by atoms with van der Waals surface area (Å²) in [5.74, 6) is -2.21. The average Bonchev–Trinajstić information content (AvgIpc) is 2.69. The van der Waals surface area contributed by atoms with Crippen molar-refractivity contribution < 1.29 is 28.7 Å². The minimum absolute atomic E-state index is 0.0707. The molecule has 1 heterocycles. The molecule has 0 radical (unpaired) electrons. The van der Waals surface area contributed by atoms with E-state index in [1.807, 2.05) is 0 Å². The molecule has 0 aliphatic rings. The summed E-state index contributed by atoms with van der Waals surface area (Å²) >= 11 is 0. The fourth-order valence-corrected chi connectivity index (χ4v) is 2.80. The minimum Gasteiger partial charge on any atom is -0.458 e. The molecule has 0 saturated carbocycles. The maximum atomic E-state index is 13.1. The van der Waals surface area contributed by atoms with Crippen molar-refractivity contribution in [1.82, 2.24) is 20.5 Å². The van der Waals surface area contributed by atoms with Gasteiger partial charge < -0.3 is 25.8 Å². The molecule has 1 aromatic heterocycles. The van der Waals surface area contributed by atoms with Crippen LogP contribution in [0.5, 0.6) is 0 Å². The lowest BCUT2D eigenvalue weighted by Gasteiger charge is -2.26. The van der Waals surface area contributed by atoms with Crippen molar-refractivity contribution in [3.05, 3.63) is 35.6 Å². The quantitative estimate of drug-likeness (QED) is 0.195. The Morgan fingerprint density at radius 3 is 2.45 bits per heavy atom. The van der Waals surface area contributed by atoms with Crippen LogP contribution in [-0.4, -0.2) is 82.8 Å². The van der Waals surface area contributed by atoms with Crippen LogP contribution in [0.25, 0.3) is 5.53 Å². The molecule has 0 aliphatic carbocycles. The van der Waals surface area contributed by atoms with E-state index < -0.39 is 35.3 Å². The van der Waals surface area contributed by atoms with Gasteiger partial charge in [0, 0.05) is 25.2 Å². The van der Waals surface area contributed by atoms with E-state index in [4.69, 9.17) is 10.3 Å². The zero-order valence-corrected chi connectivity index (χ0v) is 19.7. The van der Waals surface area contributed by atoms with Crippen molar-refractivity contribution in [1.29, 1.82) is 0 Å². The number of ether oxygens (including phenoxy) is 1. The highest BCUT2D eigenvalue weighted by molar-refractivity contribution is 6.25. The van der Waals surface area contributed by atoms with Gasteiger partial charge in [0.15, 0.2) is 0 Å². The van der Waals surface area contributed by atoms with E-state index >= 15 is 0 Å². The molecule has 0 aliphatic heterocycles. The predicted molar refractivity (Wildman–Crippen MR) is 120 cm³/mol. The number of pyridine rings is 1. The molecule has 33 heavy (non-hydrogen) atoms. The van der Waals surface area contributed by atoms with Crippen LogP contribution >= 0.6 is 0 Å². The number of carbonyl (C=O) groups is 4. The Balaban J connectivity index is 3.06. The number of aromatic nitrogens is 1. The summed E-state index contributed by atoms with van der Waals surface area (Å²) in [4.78, 5) is 58.2. The summed E-state index contributed by atoms with van der Waals surface area (Å²) in [7, 11) is 3.45. The number of nitrogens with one attached hydrogen (secondary N) is 2. The van der Waals surface area contributed by atoms with Crippen molar-refractivity contribution in [3.63, 3.8) is 0 Å². The molecule has 1 aromatic rings. The molecule has 0 aromatic carbocycles. The topological polar surface area (TPSA) is 154 Å². The Labute approximate surface area is 193 Å². The average molecular weight is 461 g/mol. The van der Waals surface area contributed by atoms with E-state index in [9.17, 15) is 19.2 Å². The van der Waals surface area contributed by atoms with Crippen LogP contribution in [-0.2, 0) is 30.3 Å². The minimum atomic E-state index is -1.14. The van der Waals surface area contributed by atoms with Crippen LogP contribution in [0.4, 0.5) is 0 Å². The number of ketones is 1. The van der Waals surface area contributed by atoms with E-state index in [1.165, 1.54) is 0 Å². The lowest BCUT2D eigenvalue weighted by atomic mass is 10.0. The maximum absolute atomic E-state index is 13.1. The number of likely N-dealkylation sites (N-methyl/N-ethyl adjacent to an activating group) is 1. The molecule has 0 spiro atoms. The van der Waals surface area contributed by atoms with Crippen LogP contribution in [0.15, 0.2) is 24.5 Å². The monoisotopic (exact) mass is 460 g/mol. The van der Waals surface area contributed by atoms with Gasteiger partial charge in [-0.2, -0.15) is 4.79 Å². The van der Waals surface area contributed by atoms with Crippen molar-refractivity contribution >= 4 is 29.8 Å². The van der Waals surface area contributed by atoms with Crippen molar-refractivity contribution in [2.45, 2.75) is 57.7 Å². The van der Waals surface area contributed by atoms with Gasteiger partial charge in [0.2, 0.25) is 17.6 Å². The van der Waals surface area contributed by atoms with E-state index in [0.717, 1.165) is 6.21 Å². The SMILES string of the molecule is CN(C)CC(=O)N[C@@H](Cc1cccnc1)C(=O)N[C@@H](CCC(=O)C=[N+]=[N-])C(=O)OC(C)(C)C. The molecule has 0 fully saturated rings. The molecule has 11 nitrogen and oxygen atoms in total. The second-order valence-corrected chi connectivity index (χ2v) is 8.77. The zero-order valence-electron chi connectivity index (χ0n) is 19.7. The highest BCUT2D eigenvalue weighted by atomic mass is 16.6. The number of rotatable bonds is 12. The van der Waals surface area contributed by atoms with Gasteiger partial charge in [0.05, 0.1) is 6.54 Å². The summed E-state index contributed by atoms with van der Waals surface area (Å²) in [6.45, 7) is 5.11. The van der Waals surface area contributed by atoms with E-state index in [-0.39, 0.29) is 31.7 Å². The Morgan fingerprint density at radius 2 is 1.91 bits per heavy atom. The molecule has 11 heteroatoms. The fraction of sp³-hybridized carbons (Fsp3) is 0.545. The van der Waals surface area contributed by atoms with Crippen LogP contribution < -0.4 is 10.6 Å².